The molecule has 1 unspecified atom stereocenters. The smallest absolute Gasteiger partial charge is 0.237 e. The number of likely N-dealkylation sites (N-methyl/N-ethyl adjacent to an activating group) is 1. The van der Waals surface area contributed by atoms with E-state index in [0.717, 1.165) is 6.42 Å². The maximum absolute atomic E-state index is 11.1. The lowest BCUT2D eigenvalue weighted by Crippen LogP contribution is -2.51. The quantitative estimate of drug-likeness (QED) is 0.530. The topological polar surface area (TPSA) is 73.6 Å². The van der Waals surface area contributed by atoms with E-state index in [1.165, 1.54) is 0 Å². The fourth-order valence-corrected chi connectivity index (χ4v) is 1.14. The molecule has 0 aromatic rings. The molecule has 0 aliphatic carbocycles. The Morgan fingerprint density at radius 1 is 1.40 bits per heavy atom. The molecule has 0 aromatic heterocycles. The molecule has 0 aliphatic rings. The summed E-state index contributed by atoms with van der Waals surface area (Å²) in [5, 5.41) is 2.93. The van der Waals surface area contributed by atoms with Crippen LogP contribution in [0.4, 0.5) is 0 Å². The number of primary amides is 1. The highest BCUT2D eigenvalue weighted by molar-refractivity contribution is 5.84. The molecular formula is C10H22N2O3. The van der Waals surface area contributed by atoms with Crippen LogP contribution < -0.4 is 11.1 Å². The summed E-state index contributed by atoms with van der Waals surface area (Å²) in [4.78, 5) is 11.1. The zero-order valence-corrected chi connectivity index (χ0v) is 9.84. The average molecular weight is 218 g/mol. The SMILES string of the molecule is CNC(C)(CCCOCCOC)C(N)=O. The van der Waals surface area contributed by atoms with E-state index in [9.17, 15) is 4.79 Å². The monoisotopic (exact) mass is 218 g/mol. The lowest BCUT2D eigenvalue weighted by molar-refractivity contribution is -0.124. The number of rotatable bonds is 9. The van der Waals surface area contributed by atoms with Crippen LogP contribution in [0.2, 0.25) is 0 Å². The van der Waals surface area contributed by atoms with E-state index >= 15 is 0 Å². The van der Waals surface area contributed by atoms with Gasteiger partial charge in [-0.3, -0.25) is 4.79 Å². The van der Waals surface area contributed by atoms with E-state index < -0.39 is 5.54 Å². The summed E-state index contributed by atoms with van der Waals surface area (Å²) in [5.74, 6) is -0.332. The Morgan fingerprint density at radius 3 is 2.53 bits per heavy atom. The molecule has 90 valence electrons. The first kappa shape index (κ1) is 14.3. The molecule has 5 nitrogen and oxygen atoms in total. The lowest BCUT2D eigenvalue weighted by atomic mass is 9.95. The zero-order chi connectivity index (χ0) is 11.7. The van der Waals surface area contributed by atoms with Gasteiger partial charge >= 0.3 is 0 Å². The number of carbonyl (C=O) groups is 1. The normalized spacial score (nSPS) is 14.9. The molecule has 0 aliphatic heterocycles. The van der Waals surface area contributed by atoms with Gasteiger partial charge in [-0.15, -0.1) is 0 Å². The summed E-state index contributed by atoms with van der Waals surface area (Å²) >= 11 is 0. The molecule has 0 fully saturated rings. The molecule has 0 saturated heterocycles. The highest BCUT2D eigenvalue weighted by Gasteiger charge is 2.27. The van der Waals surface area contributed by atoms with Crippen LogP contribution in [0.1, 0.15) is 19.8 Å². The van der Waals surface area contributed by atoms with E-state index in [2.05, 4.69) is 5.32 Å². The molecule has 0 rings (SSSR count). The van der Waals surface area contributed by atoms with E-state index in [0.29, 0.717) is 26.2 Å². The maximum Gasteiger partial charge on any atom is 0.237 e. The molecule has 3 N–H and O–H groups in total. The van der Waals surface area contributed by atoms with Crippen molar-refractivity contribution in [3.63, 3.8) is 0 Å². The number of hydrogen-bond donors (Lipinski definition) is 2. The van der Waals surface area contributed by atoms with Gasteiger partial charge in [-0.1, -0.05) is 0 Å². The van der Waals surface area contributed by atoms with Crippen molar-refractivity contribution in [1.29, 1.82) is 0 Å². The minimum Gasteiger partial charge on any atom is -0.382 e. The summed E-state index contributed by atoms with van der Waals surface area (Å²) in [7, 11) is 3.37. The van der Waals surface area contributed by atoms with Gasteiger partial charge < -0.3 is 20.5 Å². The number of nitrogens with one attached hydrogen (secondary N) is 1. The Balaban J connectivity index is 3.60. The largest absolute Gasteiger partial charge is 0.382 e. The predicted molar refractivity (Wildman–Crippen MR) is 58.6 cm³/mol. The highest BCUT2D eigenvalue weighted by Crippen LogP contribution is 2.10. The number of nitrogens with two attached hydrogens (primary N) is 1. The highest BCUT2D eigenvalue weighted by atomic mass is 16.5. The van der Waals surface area contributed by atoms with Crippen molar-refractivity contribution in [3.8, 4) is 0 Å². The first-order chi connectivity index (χ1) is 7.06. The van der Waals surface area contributed by atoms with Crippen LogP contribution in [0, 0.1) is 0 Å². The second-order valence-corrected chi connectivity index (χ2v) is 3.66. The third-order valence-electron chi connectivity index (χ3n) is 2.49. The third-order valence-corrected chi connectivity index (χ3v) is 2.49. The summed E-state index contributed by atoms with van der Waals surface area (Å²) in [5.41, 5.74) is 4.65. The van der Waals surface area contributed by atoms with Crippen molar-refractivity contribution in [2.75, 3.05) is 34.0 Å². The van der Waals surface area contributed by atoms with Gasteiger partial charge in [0.25, 0.3) is 0 Å². The van der Waals surface area contributed by atoms with Crippen LogP contribution in [0.25, 0.3) is 0 Å². The van der Waals surface area contributed by atoms with E-state index in [1.807, 2.05) is 0 Å². The van der Waals surface area contributed by atoms with Crippen LogP contribution in [-0.2, 0) is 14.3 Å². The molecular weight excluding hydrogens is 196 g/mol. The van der Waals surface area contributed by atoms with Crippen molar-refractivity contribution >= 4 is 5.91 Å². The third kappa shape index (κ3) is 5.71. The number of hydrogen-bond acceptors (Lipinski definition) is 4. The van der Waals surface area contributed by atoms with Gasteiger partial charge in [0.05, 0.1) is 18.8 Å². The van der Waals surface area contributed by atoms with Gasteiger partial charge in [0.15, 0.2) is 0 Å². The molecule has 0 aromatic carbocycles. The van der Waals surface area contributed by atoms with Gasteiger partial charge in [-0.05, 0) is 26.8 Å². The van der Waals surface area contributed by atoms with Crippen molar-refractivity contribution in [2.24, 2.45) is 5.73 Å². The first-order valence-corrected chi connectivity index (χ1v) is 5.12. The lowest BCUT2D eigenvalue weighted by Gasteiger charge is -2.25. The predicted octanol–water partition coefficient (Wildman–Crippen LogP) is -0.107. The minimum atomic E-state index is -0.634. The molecule has 5 heteroatoms. The van der Waals surface area contributed by atoms with E-state index in [1.54, 1.807) is 21.1 Å². The number of carbonyl (C=O) groups excluding carboxylic acids is 1. The standard InChI is InChI=1S/C10H22N2O3/c1-10(12-2,9(11)13)5-4-6-15-8-7-14-3/h12H,4-8H2,1-3H3,(H2,11,13). The summed E-state index contributed by atoms with van der Waals surface area (Å²) in [6, 6.07) is 0. The average Bonchev–Trinajstić information content (AvgIpc) is 2.22. The summed E-state index contributed by atoms with van der Waals surface area (Å²) < 4.78 is 10.1. The minimum absolute atomic E-state index is 0.332. The molecule has 0 saturated carbocycles. The molecule has 0 spiro atoms. The Bertz CT molecular complexity index is 188. The Hall–Kier alpha value is -0.650. The summed E-state index contributed by atoms with van der Waals surface area (Å²) in [6.45, 7) is 3.60. The van der Waals surface area contributed by atoms with E-state index in [4.69, 9.17) is 15.2 Å². The van der Waals surface area contributed by atoms with Gasteiger partial charge in [0.1, 0.15) is 0 Å². The van der Waals surface area contributed by atoms with Gasteiger partial charge in [0.2, 0.25) is 5.91 Å². The summed E-state index contributed by atoms with van der Waals surface area (Å²) in [6.07, 6.45) is 1.47. The van der Waals surface area contributed by atoms with Crippen LogP contribution in [0.5, 0.6) is 0 Å². The van der Waals surface area contributed by atoms with Crippen LogP contribution in [-0.4, -0.2) is 45.4 Å². The Labute approximate surface area is 91.3 Å². The Kier molecular flexibility index (Phi) is 7.29. The van der Waals surface area contributed by atoms with Crippen LogP contribution in [0.15, 0.2) is 0 Å². The molecule has 1 amide bonds. The first-order valence-electron chi connectivity index (χ1n) is 5.12. The zero-order valence-electron chi connectivity index (χ0n) is 9.84. The van der Waals surface area contributed by atoms with Crippen molar-refractivity contribution < 1.29 is 14.3 Å². The van der Waals surface area contributed by atoms with Gasteiger partial charge in [-0.2, -0.15) is 0 Å². The molecule has 1 atom stereocenters. The maximum atomic E-state index is 11.1. The second-order valence-electron chi connectivity index (χ2n) is 3.66. The molecule has 0 heterocycles. The fraction of sp³-hybridized carbons (Fsp3) is 0.900. The molecule has 0 bridgehead atoms. The van der Waals surface area contributed by atoms with Gasteiger partial charge in [-0.25, -0.2) is 0 Å². The van der Waals surface area contributed by atoms with Crippen LogP contribution >= 0.6 is 0 Å². The second kappa shape index (κ2) is 7.62. The van der Waals surface area contributed by atoms with Crippen molar-refractivity contribution in [1.82, 2.24) is 5.32 Å². The van der Waals surface area contributed by atoms with Crippen molar-refractivity contribution in [2.45, 2.75) is 25.3 Å². The van der Waals surface area contributed by atoms with Crippen LogP contribution in [0.3, 0.4) is 0 Å². The molecule has 0 radical (unpaired) electrons. The number of methoxy groups -OCH3 is 1. The van der Waals surface area contributed by atoms with Gasteiger partial charge in [0, 0.05) is 13.7 Å². The fourth-order valence-electron chi connectivity index (χ4n) is 1.14. The van der Waals surface area contributed by atoms with Crippen molar-refractivity contribution in [3.05, 3.63) is 0 Å². The number of amides is 1. The van der Waals surface area contributed by atoms with E-state index in [-0.39, 0.29) is 5.91 Å². The molecule has 15 heavy (non-hydrogen) atoms. The number of ether oxygens (including phenoxy) is 2. The Morgan fingerprint density at radius 2 is 2.07 bits per heavy atom.